The summed E-state index contributed by atoms with van der Waals surface area (Å²) in [5.74, 6) is -0.404. The molecule has 80 valence electrons. The summed E-state index contributed by atoms with van der Waals surface area (Å²) in [6.07, 6.45) is 0.695. The van der Waals surface area contributed by atoms with Gasteiger partial charge in [-0.15, -0.1) is 0 Å². The predicted octanol–water partition coefficient (Wildman–Crippen LogP) is 1.53. The van der Waals surface area contributed by atoms with E-state index >= 15 is 0 Å². The van der Waals surface area contributed by atoms with Gasteiger partial charge in [0.15, 0.2) is 0 Å². The summed E-state index contributed by atoms with van der Waals surface area (Å²) in [7, 11) is 0. The molecule has 0 aliphatic carbocycles. The van der Waals surface area contributed by atoms with Crippen LogP contribution in [0, 0.1) is 6.92 Å². The maximum absolute atomic E-state index is 10.8. The van der Waals surface area contributed by atoms with Crippen LogP contribution in [-0.2, 0) is 4.79 Å². The maximum Gasteiger partial charge on any atom is 0.320 e. The lowest BCUT2D eigenvalue weighted by Crippen LogP contribution is -2.29. The summed E-state index contributed by atoms with van der Waals surface area (Å²) in [6, 6.07) is 7.80. The summed E-state index contributed by atoms with van der Waals surface area (Å²) in [5.41, 5.74) is 2.52. The van der Waals surface area contributed by atoms with Crippen molar-refractivity contribution in [2.75, 3.05) is 6.54 Å². The van der Waals surface area contributed by atoms with Crippen molar-refractivity contribution >= 4 is 5.97 Å². The van der Waals surface area contributed by atoms with Gasteiger partial charge in [0.25, 0.3) is 0 Å². The Labute approximate surface area is 89.1 Å². The summed E-state index contributed by atoms with van der Waals surface area (Å²) >= 11 is 0. The van der Waals surface area contributed by atoms with Crippen molar-refractivity contribution in [3.8, 4) is 0 Å². The highest BCUT2D eigenvalue weighted by atomic mass is 16.4. The van der Waals surface area contributed by atoms with Gasteiger partial charge in [-0.2, -0.15) is 0 Å². The minimum atomic E-state index is -0.744. The number of benzene rings is 1. The van der Waals surface area contributed by atoms with E-state index in [2.05, 4.69) is 24.4 Å². The van der Waals surface area contributed by atoms with E-state index in [1.165, 1.54) is 11.1 Å². The molecular formula is C12H15NO2. The third kappa shape index (κ3) is 2.02. The molecule has 0 amide bonds. The molecule has 3 heteroatoms. The standard InChI is InChI=1S/C12H15NO2/c1-8-4-2-3-5-10(8)9-6-11(12(14)15)13-7-9/h2-5,9,11,13H,6-7H2,1H3,(H,14,15)/t9-,11+/m1/s1. The van der Waals surface area contributed by atoms with Crippen LogP contribution in [0.15, 0.2) is 24.3 Å². The number of rotatable bonds is 2. The highest BCUT2D eigenvalue weighted by molar-refractivity contribution is 5.74. The molecule has 1 aromatic carbocycles. The first kappa shape index (κ1) is 10.2. The SMILES string of the molecule is Cc1ccccc1[C@H]1CN[C@H](C(=O)O)C1. The number of hydrogen-bond donors (Lipinski definition) is 2. The van der Waals surface area contributed by atoms with E-state index in [1.807, 2.05) is 12.1 Å². The van der Waals surface area contributed by atoms with Gasteiger partial charge >= 0.3 is 5.97 Å². The first-order chi connectivity index (χ1) is 7.18. The van der Waals surface area contributed by atoms with Crippen molar-refractivity contribution in [1.29, 1.82) is 0 Å². The zero-order valence-corrected chi connectivity index (χ0v) is 8.73. The van der Waals surface area contributed by atoms with Crippen molar-refractivity contribution in [1.82, 2.24) is 5.32 Å². The Morgan fingerprint density at radius 3 is 2.80 bits per heavy atom. The van der Waals surface area contributed by atoms with Crippen LogP contribution < -0.4 is 5.32 Å². The topological polar surface area (TPSA) is 49.3 Å². The Morgan fingerprint density at radius 2 is 2.20 bits per heavy atom. The molecule has 2 atom stereocenters. The van der Waals surface area contributed by atoms with Crippen LogP contribution in [-0.4, -0.2) is 23.7 Å². The van der Waals surface area contributed by atoms with Crippen LogP contribution in [0.25, 0.3) is 0 Å². The average Bonchev–Trinajstić information content (AvgIpc) is 2.67. The van der Waals surface area contributed by atoms with Gasteiger partial charge in [-0.25, -0.2) is 0 Å². The molecule has 1 fully saturated rings. The third-order valence-corrected chi connectivity index (χ3v) is 3.06. The molecule has 2 N–H and O–H groups in total. The van der Waals surface area contributed by atoms with E-state index < -0.39 is 5.97 Å². The predicted molar refractivity (Wildman–Crippen MR) is 58.0 cm³/mol. The van der Waals surface area contributed by atoms with Gasteiger partial charge in [-0.3, -0.25) is 4.79 Å². The second kappa shape index (κ2) is 4.03. The Balaban J connectivity index is 2.14. The van der Waals surface area contributed by atoms with E-state index in [1.54, 1.807) is 0 Å². The maximum atomic E-state index is 10.8. The third-order valence-electron chi connectivity index (χ3n) is 3.06. The monoisotopic (exact) mass is 205 g/mol. The number of nitrogens with one attached hydrogen (secondary N) is 1. The highest BCUT2D eigenvalue weighted by Gasteiger charge is 2.30. The van der Waals surface area contributed by atoms with E-state index in [9.17, 15) is 4.79 Å². The number of carboxylic acids is 1. The van der Waals surface area contributed by atoms with Crippen molar-refractivity contribution in [2.24, 2.45) is 0 Å². The van der Waals surface area contributed by atoms with E-state index in [0.29, 0.717) is 12.3 Å². The smallest absolute Gasteiger partial charge is 0.320 e. The molecule has 2 rings (SSSR count). The normalized spacial score (nSPS) is 25.4. The van der Waals surface area contributed by atoms with Crippen LogP contribution in [0.4, 0.5) is 0 Å². The minimum Gasteiger partial charge on any atom is -0.480 e. The van der Waals surface area contributed by atoms with Gasteiger partial charge in [0.1, 0.15) is 6.04 Å². The molecule has 1 heterocycles. The lowest BCUT2D eigenvalue weighted by molar-refractivity contribution is -0.139. The van der Waals surface area contributed by atoms with Gasteiger partial charge < -0.3 is 10.4 Å². The molecule has 0 saturated carbocycles. The zero-order chi connectivity index (χ0) is 10.8. The summed E-state index contributed by atoms with van der Waals surface area (Å²) < 4.78 is 0. The second-order valence-corrected chi connectivity index (χ2v) is 4.09. The van der Waals surface area contributed by atoms with Crippen LogP contribution in [0.2, 0.25) is 0 Å². The molecule has 1 aliphatic heterocycles. The average molecular weight is 205 g/mol. The van der Waals surface area contributed by atoms with Crippen LogP contribution in [0.3, 0.4) is 0 Å². The molecule has 1 saturated heterocycles. The van der Waals surface area contributed by atoms with Crippen LogP contribution in [0.5, 0.6) is 0 Å². The second-order valence-electron chi connectivity index (χ2n) is 4.09. The molecule has 3 nitrogen and oxygen atoms in total. The van der Waals surface area contributed by atoms with E-state index in [-0.39, 0.29) is 6.04 Å². The van der Waals surface area contributed by atoms with Crippen LogP contribution in [0.1, 0.15) is 23.5 Å². The van der Waals surface area contributed by atoms with Gasteiger partial charge in [0.05, 0.1) is 0 Å². The molecular weight excluding hydrogens is 190 g/mol. The highest BCUT2D eigenvalue weighted by Crippen LogP contribution is 2.27. The fraction of sp³-hybridized carbons (Fsp3) is 0.417. The lowest BCUT2D eigenvalue weighted by Gasteiger charge is -2.11. The Hall–Kier alpha value is -1.35. The van der Waals surface area contributed by atoms with Crippen LogP contribution >= 0.6 is 0 Å². The summed E-state index contributed by atoms with van der Waals surface area (Å²) in [6.45, 7) is 2.84. The molecule has 1 aromatic rings. The van der Waals surface area contributed by atoms with Crippen molar-refractivity contribution in [3.05, 3.63) is 35.4 Å². The Bertz CT molecular complexity index is 376. The summed E-state index contributed by atoms with van der Waals surface area (Å²) in [5, 5.41) is 11.9. The Morgan fingerprint density at radius 1 is 1.47 bits per heavy atom. The largest absolute Gasteiger partial charge is 0.480 e. The Kier molecular flexibility index (Phi) is 2.73. The van der Waals surface area contributed by atoms with Gasteiger partial charge in [-0.05, 0) is 30.4 Å². The lowest BCUT2D eigenvalue weighted by atomic mass is 9.93. The zero-order valence-electron chi connectivity index (χ0n) is 8.73. The van der Waals surface area contributed by atoms with E-state index in [4.69, 9.17) is 5.11 Å². The number of aliphatic carboxylic acids is 1. The molecule has 0 spiro atoms. The number of aryl methyl sites for hydroxylation is 1. The van der Waals surface area contributed by atoms with Gasteiger partial charge in [-0.1, -0.05) is 24.3 Å². The molecule has 0 unspecified atom stereocenters. The quantitative estimate of drug-likeness (QED) is 0.769. The first-order valence-electron chi connectivity index (χ1n) is 5.20. The molecule has 0 aromatic heterocycles. The number of carbonyl (C=O) groups is 1. The molecule has 15 heavy (non-hydrogen) atoms. The van der Waals surface area contributed by atoms with Gasteiger partial charge in [0, 0.05) is 6.54 Å². The molecule has 1 aliphatic rings. The fourth-order valence-corrected chi connectivity index (χ4v) is 2.21. The van der Waals surface area contributed by atoms with Crippen molar-refractivity contribution < 1.29 is 9.90 Å². The molecule has 0 radical (unpaired) electrons. The summed E-state index contributed by atoms with van der Waals surface area (Å²) in [4.78, 5) is 10.8. The number of hydrogen-bond acceptors (Lipinski definition) is 2. The number of carboxylic acid groups (broad SMARTS) is 1. The van der Waals surface area contributed by atoms with Gasteiger partial charge in [0.2, 0.25) is 0 Å². The fourth-order valence-electron chi connectivity index (χ4n) is 2.21. The van der Waals surface area contributed by atoms with E-state index in [0.717, 1.165) is 6.54 Å². The van der Waals surface area contributed by atoms with Crippen molar-refractivity contribution in [2.45, 2.75) is 25.3 Å². The first-order valence-corrected chi connectivity index (χ1v) is 5.20. The van der Waals surface area contributed by atoms with Crippen molar-refractivity contribution in [3.63, 3.8) is 0 Å². The molecule has 0 bridgehead atoms. The minimum absolute atomic E-state index is 0.340.